The number of aryl methyl sites for hydroxylation is 3. The Kier molecular flexibility index (Phi) is 7.96. The number of unbranched alkanes of at least 4 members (excludes halogenated alkanes) is 1. The Hall–Kier alpha value is -2.76. The summed E-state index contributed by atoms with van der Waals surface area (Å²) in [6.07, 6.45) is 4.73. The van der Waals surface area contributed by atoms with Crippen LogP contribution in [0.2, 0.25) is 0 Å². The van der Waals surface area contributed by atoms with E-state index in [-0.39, 0.29) is 6.04 Å². The van der Waals surface area contributed by atoms with Crippen molar-refractivity contribution in [2.45, 2.75) is 52.7 Å². The molecule has 5 nitrogen and oxygen atoms in total. The zero-order valence-electron chi connectivity index (χ0n) is 21.4. The van der Waals surface area contributed by atoms with Crippen molar-refractivity contribution in [3.05, 3.63) is 71.0 Å². The summed E-state index contributed by atoms with van der Waals surface area (Å²) in [6.45, 7) is 11.5. The third-order valence-electron chi connectivity index (χ3n) is 6.87. The smallest absolute Gasteiger partial charge is 0.123 e. The predicted octanol–water partition coefficient (Wildman–Crippen LogP) is 5.74. The van der Waals surface area contributed by atoms with Crippen molar-refractivity contribution in [3.8, 4) is 22.6 Å². The number of hydrogen-bond donors (Lipinski definition) is 1. The minimum atomic E-state index is 0.271. The van der Waals surface area contributed by atoms with Gasteiger partial charge in [-0.25, -0.2) is 0 Å². The summed E-state index contributed by atoms with van der Waals surface area (Å²) in [5.74, 6) is 1.78. The van der Waals surface area contributed by atoms with Gasteiger partial charge in [0.2, 0.25) is 0 Å². The number of aromatic nitrogens is 1. The van der Waals surface area contributed by atoms with Gasteiger partial charge in [-0.2, -0.15) is 0 Å². The van der Waals surface area contributed by atoms with Gasteiger partial charge in [0.15, 0.2) is 0 Å². The van der Waals surface area contributed by atoms with Gasteiger partial charge in [0.1, 0.15) is 11.5 Å². The van der Waals surface area contributed by atoms with E-state index in [9.17, 15) is 0 Å². The van der Waals surface area contributed by atoms with Gasteiger partial charge in [0.05, 0.1) is 20.3 Å². The molecule has 2 heterocycles. The molecular formula is C29H39N3O2. The van der Waals surface area contributed by atoms with Crippen LogP contribution in [-0.2, 0) is 13.1 Å². The van der Waals surface area contributed by atoms with Crippen molar-refractivity contribution in [2.24, 2.45) is 0 Å². The van der Waals surface area contributed by atoms with E-state index in [1.54, 1.807) is 14.2 Å². The lowest BCUT2D eigenvalue weighted by atomic mass is 9.96. The third-order valence-corrected chi connectivity index (χ3v) is 6.87. The molecule has 1 aliphatic heterocycles. The molecule has 3 aromatic rings. The highest BCUT2D eigenvalue weighted by molar-refractivity contribution is 5.71. The van der Waals surface area contributed by atoms with Crippen LogP contribution in [0.3, 0.4) is 0 Å². The SMILES string of the molecule is CCCCn1cc(C)c(-c2ccc(C)cc2)c1C1CN(Cc2cc(OC)ccc2OC)CCN1. The third kappa shape index (κ3) is 5.31. The van der Waals surface area contributed by atoms with Gasteiger partial charge in [0.25, 0.3) is 0 Å². The van der Waals surface area contributed by atoms with Crippen LogP contribution in [0.5, 0.6) is 11.5 Å². The zero-order chi connectivity index (χ0) is 24.1. The van der Waals surface area contributed by atoms with Crippen LogP contribution < -0.4 is 14.8 Å². The molecule has 1 saturated heterocycles. The van der Waals surface area contributed by atoms with E-state index < -0.39 is 0 Å². The van der Waals surface area contributed by atoms with Gasteiger partial charge in [-0.05, 0) is 49.6 Å². The maximum absolute atomic E-state index is 5.65. The van der Waals surface area contributed by atoms with Crippen LogP contribution in [0.15, 0.2) is 48.7 Å². The molecule has 0 aliphatic carbocycles. The first-order valence-corrected chi connectivity index (χ1v) is 12.5. The number of hydrogen-bond acceptors (Lipinski definition) is 4. The Bertz CT molecular complexity index is 1090. The molecule has 0 bridgehead atoms. The number of benzene rings is 2. The van der Waals surface area contributed by atoms with E-state index in [1.807, 2.05) is 12.1 Å². The van der Waals surface area contributed by atoms with E-state index >= 15 is 0 Å². The first-order chi connectivity index (χ1) is 16.5. The molecule has 0 spiro atoms. The largest absolute Gasteiger partial charge is 0.497 e. The van der Waals surface area contributed by atoms with Crippen LogP contribution in [0.4, 0.5) is 0 Å². The number of nitrogens with one attached hydrogen (secondary N) is 1. The lowest BCUT2D eigenvalue weighted by Gasteiger charge is -2.35. The molecule has 1 N–H and O–H groups in total. The Morgan fingerprint density at radius 3 is 2.53 bits per heavy atom. The molecular weight excluding hydrogens is 422 g/mol. The summed E-state index contributed by atoms with van der Waals surface area (Å²) >= 11 is 0. The minimum absolute atomic E-state index is 0.271. The summed E-state index contributed by atoms with van der Waals surface area (Å²) in [5.41, 5.74) is 7.91. The highest BCUT2D eigenvalue weighted by atomic mass is 16.5. The molecule has 5 heteroatoms. The van der Waals surface area contributed by atoms with Gasteiger partial charge in [0, 0.05) is 55.7 Å². The van der Waals surface area contributed by atoms with Crippen LogP contribution in [0.1, 0.15) is 48.2 Å². The van der Waals surface area contributed by atoms with E-state index in [0.717, 1.165) is 44.2 Å². The van der Waals surface area contributed by atoms with Gasteiger partial charge in [-0.1, -0.05) is 43.2 Å². The van der Waals surface area contributed by atoms with E-state index in [0.29, 0.717) is 0 Å². The molecule has 1 atom stereocenters. The fourth-order valence-electron chi connectivity index (χ4n) is 5.08. The zero-order valence-corrected chi connectivity index (χ0v) is 21.4. The normalized spacial score (nSPS) is 16.6. The molecule has 1 aliphatic rings. The highest BCUT2D eigenvalue weighted by Gasteiger charge is 2.28. The standard InChI is InChI=1S/C29H39N3O2/c1-6-7-15-32-18-22(3)28(23-10-8-21(2)9-11-23)29(32)26-20-31(16-14-30-26)19-24-17-25(33-4)12-13-27(24)34-5/h8-13,17-18,26,30H,6-7,14-16,19-20H2,1-5H3. The van der Waals surface area contributed by atoms with E-state index in [2.05, 4.69) is 72.1 Å². The predicted molar refractivity (Wildman–Crippen MR) is 140 cm³/mol. The van der Waals surface area contributed by atoms with Crippen molar-refractivity contribution >= 4 is 0 Å². The highest BCUT2D eigenvalue weighted by Crippen LogP contribution is 2.35. The summed E-state index contributed by atoms with van der Waals surface area (Å²) in [4.78, 5) is 2.53. The number of methoxy groups -OCH3 is 2. The molecule has 1 aromatic heterocycles. The lowest BCUT2D eigenvalue weighted by molar-refractivity contribution is 0.187. The summed E-state index contributed by atoms with van der Waals surface area (Å²) in [6, 6.07) is 15.3. The van der Waals surface area contributed by atoms with Crippen molar-refractivity contribution in [2.75, 3.05) is 33.9 Å². The second-order valence-corrected chi connectivity index (χ2v) is 9.40. The molecule has 0 radical (unpaired) electrons. The fraction of sp³-hybridized carbons (Fsp3) is 0.448. The molecule has 1 fully saturated rings. The van der Waals surface area contributed by atoms with Crippen molar-refractivity contribution < 1.29 is 9.47 Å². The van der Waals surface area contributed by atoms with Crippen LogP contribution in [0, 0.1) is 13.8 Å². The quantitative estimate of drug-likeness (QED) is 0.441. The second-order valence-electron chi connectivity index (χ2n) is 9.40. The fourth-order valence-corrected chi connectivity index (χ4v) is 5.08. The van der Waals surface area contributed by atoms with Crippen LogP contribution in [0.25, 0.3) is 11.1 Å². The van der Waals surface area contributed by atoms with Crippen molar-refractivity contribution in [1.29, 1.82) is 0 Å². The Balaban J connectivity index is 1.65. The summed E-state index contributed by atoms with van der Waals surface area (Å²) < 4.78 is 13.6. The van der Waals surface area contributed by atoms with E-state index in [4.69, 9.17) is 9.47 Å². The minimum Gasteiger partial charge on any atom is -0.497 e. The first kappa shape index (κ1) is 24.4. The van der Waals surface area contributed by atoms with Crippen LogP contribution in [-0.4, -0.2) is 43.3 Å². The Morgan fingerprint density at radius 2 is 1.82 bits per heavy atom. The van der Waals surface area contributed by atoms with Gasteiger partial charge >= 0.3 is 0 Å². The molecule has 182 valence electrons. The maximum Gasteiger partial charge on any atom is 0.123 e. The number of piperazine rings is 1. The molecule has 0 amide bonds. The van der Waals surface area contributed by atoms with Gasteiger partial charge in [-0.3, -0.25) is 4.90 Å². The number of rotatable bonds is 9. The molecule has 34 heavy (non-hydrogen) atoms. The number of ether oxygens (including phenoxy) is 2. The Morgan fingerprint density at radius 1 is 1.03 bits per heavy atom. The van der Waals surface area contributed by atoms with Crippen molar-refractivity contribution in [1.82, 2.24) is 14.8 Å². The average molecular weight is 462 g/mol. The van der Waals surface area contributed by atoms with Gasteiger partial charge < -0.3 is 19.4 Å². The summed E-state index contributed by atoms with van der Waals surface area (Å²) in [7, 11) is 3.45. The maximum atomic E-state index is 5.65. The molecule has 2 aromatic carbocycles. The number of nitrogens with zero attached hydrogens (tertiary/aromatic N) is 2. The first-order valence-electron chi connectivity index (χ1n) is 12.5. The molecule has 0 saturated carbocycles. The Labute approximate surface area is 204 Å². The second kappa shape index (κ2) is 11.1. The molecule has 4 rings (SSSR count). The molecule has 1 unspecified atom stereocenters. The van der Waals surface area contributed by atoms with E-state index in [1.165, 1.54) is 46.4 Å². The van der Waals surface area contributed by atoms with Crippen molar-refractivity contribution in [3.63, 3.8) is 0 Å². The average Bonchev–Trinajstić information content (AvgIpc) is 3.19. The van der Waals surface area contributed by atoms with Gasteiger partial charge in [-0.15, -0.1) is 0 Å². The van der Waals surface area contributed by atoms with Crippen LogP contribution >= 0.6 is 0 Å². The monoisotopic (exact) mass is 461 g/mol. The summed E-state index contributed by atoms with van der Waals surface area (Å²) in [5, 5.41) is 3.84. The topological polar surface area (TPSA) is 38.7 Å². The lowest BCUT2D eigenvalue weighted by Crippen LogP contribution is -2.46.